The third kappa shape index (κ3) is 5.57. The molecule has 167 valence electrons. The van der Waals surface area contributed by atoms with E-state index in [-0.39, 0.29) is 56.7 Å². The Labute approximate surface area is 219 Å². The number of hydrogen-bond donors (Lipinski definition) is 2. The molecule has 0 saturated carbocycles. The van der Waals surface area contributed by atoms with Gasteiger partial charge in [-0.15, -0.1) is 5.11 Å². The van der Waals surface area contributed by atoms with Crippen molar-refractivity contribution in [2.75, 3.05) is 0 Å². The summed E-state index contributed by atoms with van der Waals surface area (Å²) in [6, 6.07) is 20.3. The number of rotatable bonds is 5. The molecule has 34 heavy (non-hydrogen) atoms. The smallest absolute Gasteiger partial charge is 0.295 e. The number of aromatic hydroxyl groups is 1. The van der Waals surface area contributed by atoms with Crippen molar-refractivity contribution >= 4 is 73.2 Å². The van der Waals surface area contributed by atoms with Crippen molar-refractivity contribution in [3.8, 4) is 5.75 Å². The molecule has 4 aromatic rings. The number of fused-ring (bicyclic) bond motifs is 1. The predicted octanol–water partition coefficient (Wildman–Crippen LogP) is 6.86. The van der Waals surface area contributed by atoms with Gasteiger partial charge in [0.25, 0.3) is 10.1 Å². The molecule has 4 aromatic carbocycles. The van der Waals surface area contributed by atoms with Gasteiger partial charge in [-0.05, 0) is 55.3 Å². The molecule has 0 aliphatic carbocycles. The quantitative estimate of drug-likeness (QED) is 0.183. The van der Waals surface area contributed by atoms with Gasteiger partial charge in [0.1, 0.15) is 10.6 Å². The first kappa shape index (κ1) is 25.7. The molecule has 4 rings (SSSR count). The summed E-state index contributed by atoms with van der Waals surface area (Å²) >= 11 is 0. The molecule has 0 atom stereocenters. The monoisotopic (exact) mass is 483 g/mol. The van der Waals surface area contributed by atoms with Gasteiger partial charge in [0.05, 0.1) is 17.1 Å². The Hall–Kier alpha value is -2.95. The first-order valence-corrected chi connectivity index (χ1v) is 11.4. The Morgan fingerprint density at radius 3 is 1.94 bits per heavy atom. The summed E-state index contributed by atoms with van der Waals surface area (Å²) in [7, 11) is -4.53. The zero-order chi connectivity index (χ0) is 23.6. The second-order valence-corrected chi connectivity index (χ2v) is 8.81. The van der Waals surface area contributed by atoms with E-state index in [1.165, 1.54) is 12.1 Å². The molecule has 0 heterocycles. The summed E-state index contributed by atoms with van der Waals surface area (Å²) in [5.41, 5.74) is 3.62. The maximum atomic E-state index is 11.8. The number of benzene rings is 4. The summed E-state index contributed by atoms with van der Waals surface area (Å²) in [6.07, 6.45) is 0. The van der Waals surface area contributed by atoms with Crippen LogP contribution < -0.4 is 0 Å². The van der Waals surface area contributed by atoms with Crippen LogP contribution in [0.4, 0.5) is 22.7 Å². The molecule has 8 nitrogen and oxygen atoms in total. The molecule has 0 fully saturated rings. The number of phenolic OH excluding ortho intramolecular Hbond substituents is 1. The van der Waals surface area contributed by atoms with Crippen LogP contribution in [0.2, 0.25) is 0 Å². The number of hydrogen-bond acceptors (Lipinski definition) is 7. The van der Waals surface area contributed by atoms with E-state index in [1.54, 1.807) is 30.3 Å². The van der Waals surface area contributed by atoms with Crippen molar-refractivity contribution in [2.45, 2.75) is 18.7 Å². The molecule has 0 saturated heterocycles. The largest absolute Gasteiger partial charge is 0.505 e. The van der Waals surface area contributed by atoms with Gasteiger partial charge < -0.3 is 5.11 Å². The topological polar surface area (TPSA) is 124 Å². The third-order valence-electron chi connectivity index (χ3n) is 5.07. The minimum atomic E-state index is -4.53. The van der Waals surface area contributed by atoms with Crippen molar-refractivity contribution in [3.05, 3.63) is 83.9 Å². The molecule has 0 unspecified atom stereocenters. The van der Waals surface area contributed by atoms with Crippen LogP contribution >= 0.6 is 0 Å². The molecular weight excluding hydrogens is 463 g/mol. The Morgan fingerprint density at radius 2 is 1.26 bits per heavy atom. The molecule has 0 aliphatic rings. The van der Waals surface area contributed by atoms with Gasteiger partial charge in [0.2, 0.25) is 0 Å². The van der Waals surface area contributed by atoms with Crippen LogP contribution in [0, 0.1) is 13.8 Å². The first-order chi connectivity index (χ1) is 15.7. The standard InChI is InChI=1S/C24H20N4O4S.Na/c1-15-7-3-6-10-20(15)26-25-17-11-12-21(16(2)13-17)27-28-22-14-23(33(30,31)32)18-8-4-5-9-19(18)24(22)29;/h3-14,29H,1-2H3,(H,30,31,32);. The van der Waals surface area contributed by atoms with Gasteiger partial charge in [0, 0.05) is 40.3 Å². The van der Waals surface area contributed by atoms with Gasteiger partial charge in [0.15, 0.2) is 5.75 Å². The summed E-state index contributed by atoms with van der Waals surface area (Å²) in [5.74, 6) is -0.233. The Morgan fingerprint density at radius 1 is 0.676 bits per heavy atom. The van der Waals surface area contributed by atoms with E-state index in [9.17, 15) is 18.1 Å². The van der Waals surface area contributed by atoms with Crippen LogP contribution in [-0.4, -0.2) is 47.6 Å². The Balaban J connectivity index is 0.00000324. The van der Waals surface area contributed by atoms with E-state index in [4.69, 9.17) is 0 Å². The number of azo groups is 2. The maximum absolute atomic E-state index is 11.8. The van der Waals surface area contributed by atoms with Gasteiger partial charge >= 0.3 is 0 Å². The Bertz CT molecular complexity index is 1540. The second kappa shape index (κ2) is 10.5. The number of nitrogens with zero attached hydrogens (tertiary/aromatic N) is 4. The fourth-order valence-electron chi connectivity index (χ4n) is 3.31. The van der Waals surface area contributed by atoms with Crippen LogP contribution in [0.1, 0.15) is 11.1 Å². The minimum absolute atomic E-state index is 0. The SMILES string of the molecule is Cc1ccccc1N=Nc1ccc(N=Nc2cc(S(=O)(=O)O)c3ccccc3c2O)c(C)c1.[Na]. The van der Waals surface area contributed by atoms with E-state index < -0.39 is 10.1 Å². The average Bonchev–Trinajstić information content (AvgIpc) is 2.78. The zero-order valence-corrected chi connectivity index (χ0v) is 21.7. The normalized spacial score (nSPS) is 11.9. The molecule has 0 bridgehead atoms. The fourth-order valence-corrected chi connectivity index (χ4v) is 4.03. The fraction of sp³-hybridized carbons (Fsp3) is 0.0833. The van der Waals surface area contributed by atoms with E-state index in [0.717, 1.165) is 22.9 Å². The van der Waals surface area contributed by atoms with E-state index >= 15 is 0 Å². The van der Waals surface area contributed by atoms with Crippen molar-refractivity contribution in [1.82, 2.24) is 0 Å². The first-order valence-electron chi connectivity index (χ1n) is 9.96. The van der Waals surface area contributed by atoms with E-state index in [0.29, 0.717) is 11.4 Å². The second-order valence-electron chi connectivity index (χ2n) is 7.42. The van der Waals surface area contributed by atoms with Gasteiger partial charge in [-0.3, -0.25) is 4.55 Å². The average molecular weight is 484 g/mol. The maximum Gasteiger partial charge on any atom is 0.295 e. The van der Waals surface area contributed by atoms with Crippen LogP contribution in [0.15, 0.2) is 98.1 Å². The molecule has 0 aliphatic heterocycles. The molecule has 2 N–H and O–H groups in total. The van der Waals surface area contributed by atoms with Crippen molar-refractivity contribution < 1.29 is 18.1 Å². The summed E-state index contributed by atoms with van der Waals surface area (Å²) in [5, 5.41) is 27.7. The predicted molar refractivity (Wildman–Crippen MR) is 132 cm³/mol. The molecule has 0 spiro atoms. The number of aryl methyl sites for hydroxylation is 2. The van der Waals surface area contributed by atoms with Crippen molar-refractivity contribution in [3.63, 3.8) is 0 Å². The Kier molecular flexibility index (Phi) is 7.96. The van der Waals surface area contributed by atoms with Crippen LogP contribution in [0.3, 0.4) is 0 Å². The summed E-state index contributed by atoms with van der Waals surface area (Å²) in [6.45, 7) is 3.78. The molecular formula is C24H20N4NaO4S. The summed E-state index contributed by atoms with van der Waals surface area (Å²) < 4.78 is 33.3. The van der Waals surface area contributed by atoms with Crippen molar-refractivity contribution in [1.29, 1.82) is 0 Å². The van der Waals surface area contributed by atoms with Crippen molar-refractivity contribution in [2.24, 2.45) is 20.5 Å². The molecule has 10 heteroatoms. The van der Waals surface area contributed by atoms with Gasteiger partial charge in [-0.2, -0.15) is 23.8 Å². The van der Waals surface area contributed by atoms with Crippen LogP contribution in [0.5, 0.6) is 5.75 Å². The molecule has 0 amide bonds. The number of phenols is 1. The molecule has 1 radical (unpaired) electrons. The van der Waals surface area contributed by atoms with Gasteiger partial charge in [-0.1, -0.05) is 42.5 Å². The third-order valence-corrected chi connectivity index (χ3v) is 5.96. The van der Waals surface area contributed by atoms with E-state index in [1.807, 2.05) is 38.1 Å². The minimum Gasteiger partial charge on any atom is -0.505 e. The molecule has 0 aromatic heterocycles. The van der Waals surface area contributed by atoms with Crippen LogP contribution in [0.25, 0.3) is 10.8 Å². The summed E-state index contributed by atoms with van der Waals surface area (Å²) in [4.78, 5) is -0.353. The van der Waals surface area contributed by atoms with E-state index in [2.05, 4.69) is 20.5 Å². The van der Waals surface area contributed by atoms with Gasteiger partial charge in [-0.25, -0.2) is 0 Å². The zero-order valence-electron chi connectivity index (χ0n) is 18.8. The van der Waals surface area contributed by atoms with Crippen LogP contribution in [-0.2, 0) is 10.1 Å².